The van der Waals surface area contributed by atoms with E-state index in [-0.39, 0.29) is 5.91 Å². The number of hydrogen-bond donors (Lipinski definition) is 1. The summed E-state index contributed by atoms with van der Waals surface area (Å²) in [5.41, 5.74) is 8.43. The van der Waals surface area contributed by atoms with Crippen LogP contribution in [0.2, 0.25) is 0 Å². The van der Waals surface area contributed by atoms with Gasteiger partial charge in [0, 0.05) is 29.9 Å². The zero-order chi connectivity index (χ0) is 22.5. The Bertz CT molecular complexity index is 1210. The zero-order valence-electron chi connectivity index (χ0n) is 19.1. The number of aryl methyl sites for hydroxylation is 4. The Morgan fingerprint density at radius 1 is 0.906 bits per heavy atom. The highest BCUT2D eigenvalue weighted by Gasteiger charge is 2.18. The number of carbonyl (C=O) groups is 1. The van der Waals surface area contributed by atoms with Gasteiger partial charge >= 0.3 is 0 Å². The molecule has 0 unspecified atom stereocenters. The van der Waals surface area contributed by atoms with E-state index in [1.807, 2.05) is 54.8 Å². The Morgan fingerprint density at radius 3 is 2.31 bits per heavy atom. The lowest BCUT2D eigenvalue weighted by Gasteiger charge is -2.12. The molecule has 2 aromatic carbocycles. The molecule has 1 N–H and O–H groups in total. The average Bonchev–Trinajstić information content (AvgIpc) is 3.13. The molecule has 164 valence electrons. The Labute approximate surface area is 189 Å². The van der Waals surface area contributed by atoms with Crippen molar-refractivity contribution in [2.24, 2.45) is 0 Å². The Balaban J connectivity index is 1.42. The molecule has 4 rings (SSSR count). The molecule has 0 radical (unpaired) electrons. The van der Waals surface area contributed by atoms with Crippen LogP contribution in [0.15, 0.2) is 60.7 Å². The minimum atomic E-state index is 0.0820. The van der Waals surface area contributed by atoms with Crippen molar-refractivity contribution in [3.05, 3.63) is 88.9 Å². The van der Waals surface area contributed by atoms with Gasteiger partial charge in [-0.25, -0.2) is 9.50 Å². The van der Waals surface area contributed by atoms with Crippen molar-refractivity contribution in [2.45, 2.75) is 46.5 Å². The SMILES string of the molecule is Cc1nc2c(-c3ccccc3)c(C)nn2c(C)c1CCC(=O)NCCCc1ccccc1. The predicted molar refractivity (Wildman–Crippen MR) is 129 cm³/mol. The molecule has 0 fully saturated rings. The average molecular weight is 427 g/mol. The van der Waals surface area contributed by atoms with Crippen LogP contribution in [0.3, 0.4) is 0 Å². The number of rotatable bonds is 8. The van der Waals surface area contributed by atoms with Gasteiger partial charge in [0.05, 0.1) is 5.69 Å². The molecular formula is C27H30N4O. The van der Waals surface area contributed by atoms with E-state index in [2.05, 4.69) is 36.5 Å². The molecule has 4 aromatic rings. The monoisotopic (exact) mass is 426 g/mol. The molecule has 0 aliphatic rings. The van der Waals surface area contributed by atoms with E-state index < -0.39 is 0 Å². The predicted octanol–water partition coefficient (Wildman–Crippen LogP) is 5.00. The number of nitrogens with one attached hydrogen (secondary N) is 1. The summed E-state index contributed by atoms with van der Waals surface area (Å²) in [4.78, 5) is 17.3. The number of fused-ring (bicyclic) bond motifs is 1. The number of benzene rings is 2. The van der Waals surface area contributed by atoms with Gasteiger partial charge in [0.25, 0.3) is 0 Å². The number of amides is 1. The van der Waals surface area contributed by atoms with Crippen LogP contribution in [0.4, 0.5) is 0 Å². The maximum Gasteiger partial charge on any atom is 0.220 e. The molecule has 32 heavy (non-hydrogen) atoms. The van der Waals surface area contributed by atoms with Crippen molar-refractivity contribution in [1.29, 1.82) is 0 Å². The molecule has 5 nitrogen and oxygen atoms in total. The van der Waals surface area contributed by atoms with Crippen LogP contribution < -0.4 is 5.32 Å². The third-order valence-electron chi connectivity index (χ3n) is 5.97. The fourth-order valence-electron chi connectivity index (χ4n) is 4.26. The number of nitrogens with zero attached hydrogens (tertiary/aromatic N) is 3. The lowest BCUT2D eigenvalue weighted by molar-refractivity contribution is -0.121. The Hall–Kier alpha value is -3.47. The second-order valence-electron chi connectivity index (χ2n) is 8.26. The highest BCUT2D eigenvalue weighted by atomic mass is 16.1. The third-order valence-corrected chi connectivity index (χ3v) is 5.97. The minimum absolute atomic E-state index is 0.0820. The van der Waals surface area contributed by atoms with Gasteiger partial charge < -0.3 is 5.32 Å². The van der Waals surface area contributed by atoms with E-state index in [0.29, 0.717) is 19.4 Å². The molecule has 0 aliphatic heterocycles. The summed E-state index contributed by atoms with van der Waals surface area (Å²) in [5.74, 6) is 0.0820. The molecule has 0 saturated heterocycles. The van der Waals surface area contributed by atoms with Gasteiger partial charge in [0.15, 0.2) is 5.65 Å². The number of aromatic nitrogens is 3. The topological polar surface area (TPSA) is 59.3 Å². The Morgan fingerprint density at radius 2 is 1.59 bits per heavy atom. The standard InChI is InChI=1S/C27H30N4O/c1-19-24(16-17-25(32)28-18-10-13-22-11-6-4-7-12-22)21(3)31-27(29-19)26(20(2)30-31)23-14-8-5-9-15-23/h4-9,11-12,14-15H,10,13,16-18H2,1-3H3,(H,28,32). The normalized spacial score (nSPS) is 11.1. The lowest BCUT2D eigenvalue weighted by Crippen LogP contribution is -2.25. The molecule has 0 bridgehead atoms. The molecule has 0 aliphatic carbocycles. The first-order chi connectivity index (χ1) is 15.5. The van der Waals surface area contributed by atoms with E-state index in [9.17, 15) is 4.79 Å². The van der Waals surface area contributed by atoms with Crippen LogP contribution in [-0.4, -0.2) is 27.0 Å². The smallest absolute Gasteiger partial charge is 0.220 e. The highest BCUT2D eigenvalue weighted by molar-refractivity contribution is 5.80. The molecule has 0 saturated carbocycles. The first-order valence-electron chi connectivity index (χ1n) is 11.3. The summed E-state index contributed by atoms with van der Waals surface area (Å²) in [5, 5.41) is 7.81. The van der Waals surface area contributed by atoms with E-state index in [0.717, 1.165) is 52.3 Å². The molecule has 1 amide bonds. The fraction of sp³-hybridized carbons (Fsp3) is 0.296. The van der Waals surface area contributed by atoms with Gasteiger partial charge in [-0.2, -0.15) is 5.10 Å². The van der Waals surface area contributed by atoms with Crippen molar-refractivity contribution >= 4 is 11.6 Å². The third kappa shape index (κ3) is 4.72. The molecule has 0 spiro atoms. The van der Waals surface area contributed by atoms with Crippen LogP contribution in [0.25, 0.3) is 16.8 Å². The zero-order valence-corrected chi connectivity index (χ0v) is 19.1. The van der Waals surface area contributed by atoms with Gasteiger partial charge in [-0.15, -0.1) is 0 Å². The van der Waals surface area contributed by atoms with Crippen molar-refractivity contribution in [2.75, 3.05) is 6.54 Å². The second-order valence-corrected chi connectivity index (χ2v) is 8.26. The first-order valence-corrected chi connectivity index (χ1v) is 11.3. The van der Waals surface area contributed by atoms with Gasteiger partial charge in [0.2, 0.25) is 5.91 Å². The van der Waals surface area contributed by atoms with Crippen LogP contribution >= 0.6 is 0 Å². The Kier molecular flexibility index (Phi) is 6.64. The molecule has 2 aromatic heterocycles. The van der Waals surface area contributed by atoms with Crippen LogP contribution in [0, 0.1) is 20.8 Å². The van der Waals surface area contributed by atoms with Crippen molar-refractivity contribution in [1.82, 2.24) is 19.9 Å². The fourth-order valence-corrected chi connectivity index (χ4v) is 4.26. The molecule has 0 atom stereocenters. The van der Waals surface area contributed by atoms with Crippen molar-refractivity contribution in [3.63, 3.8) is 0 Å². The summed E-state index contributed by atoms with van der Waals surface area (Å²) in [6.07, 6.45) is 3.02. The summed E-state index contributed by atoms with van der Waals surface area (Å²) < 4.78 is 1.93. The minimum Gasteiger partial charge on any atom is -0.356 e. The summed E-state index contributed by atoms with van der Waals surface area (Å²) in [6, 6.07) is 20.6. The largest absolute Gasteiger partial charge is 0.356 e. The van der Waals surface area contributed by atoms with E-state index >= 15 is 0 Å². The van der Waals surface area contributed by atoms with E-state index in [1.54, 1.807) is 0 Å². The van der Waals surface area contributed by atoms with E-state index in [1.165, 1.54) is 5.56 Å². The maximum absolute atomic E-state index is 12.4. The summed E-state index contributed by atoms with van der Waals surface area (Å²) in [7, 11) is 0. The first kappa shape index (κ1) is 21.8. The van der Waals surface area contributed by atoms with Gasteiger partial charge in [-0.05, 0) is 56.7 Å². The van der Waals surface area contributed by atoms with Gasteiger partial charge in [0.1, 0.15) is 0 Å². The van der Waals surface area contributed by atoms with Crippen molar-refractivity contribution < 1.29 is 4.79 Å². The van der Waals surface area contributed by atoms with Gasteiger partial charge in [-0.3, -0.25) is 4.79 Å². The highest BCUT2D eigenvalue weighted by Crippen LogP contribution is 2.29. The second kappa shape index (κ2) is 9.77. The van der Waals surface area contributed by atoms with Crippen LogP contribution in [0.1, 0.15) is 41.1 Å². The lowest BCUT2D eigenvalue weighted by atomic mass is 10.0. The van der Waals surface area contributed by atoms with Crippen LogP contribution in [-0.2, 0) is 17.6 Å². The molecule has 2 heterocycles. The number of hydrogen-bond acceptors (Lipinski definition) is 3. The van der Waals surface area contributed by atoms with E-state index in [4.69, 9.17) is 10.1 Å². The van der Waals surface area contributed by atoms with Crippen molar-refractivity contribution in [3.8, 4) is 11.1 Å². The molecule has 5 heteroatoms. The molecular weight excluding hydrogens is 396 g/mol. The number of carbonyl (C=O) groups excluding carboxylic acids is 1. The maximum atomic E-state index is 12.4. The van der Waals surface area contributed by atoms with Crippen LogP contribution in [0.5, 0.6) is 0 Å². The summed E-state index contributed by atoms with van der Waals surface area (Å²) >= 11 is 0. The van der Waals surface area contributed by atoms with Gasteiger partial charge in [-0.1, -0.05) is 60.7 Å². The summed E-state index contributed by atoms with van der Waals surface area (Å²) in [6.45, 7) is 6.81. The quantitative estimate of drug-likeness (QED) is 0.403.